The second kappa shape index (κ2) is 11.3. The molecule has 1 fully saturated rings. The van der Waals surface area contributed by atoms with Crippen LogP contribution in [0.3, 0.4) is 0 Å². The van der Waals surface area contributed by atoms with E-state index in [1.165, 1.54) is 0 Å². The maximum Gasteiger partial charge on any atom is 1.00 e. The van der Waals surface area contributed by atoms with Crippen LogP contribution < -0.4 is 29.6 Å². The van der Waals surface area contributed by atoms with E-state index < -0.39 is 65.7 Å². The molecule has 0 aliphatic carbocycles. The molecule has 164 valence electrons. The summed E-state index contributed by atoms with van der Waals surface area (Å²) in [5.41, 5.74) is 0.573. The molecule has 1 aliphatic heterocycles. The molecular formula is C16H21NaO12S. The molecule has 0 aromatic heterocycles. The van der Waals surface area contributed by atoms with Crippen molar-refractivity contribution in [3.63, 3.8) is 0 Å². The standard InChI is InChI=1S/C16H22O12S.Na/c17-10-6-16(15(21)22,26-7-9-4-2-1-3-5-9)28-14(12(10)19)13(20)11(18)8-27-29(23,24)25;/h1-5,10-14,17-20H,6-8H2,(H,21,22)(H,23,24,25);/q;+1/p-1/t10-,11+,12-,13?,14+,16-;/m1./s1. The van der Waals surface area contributed by atoms with Gasteiger partial charge >= 0.3 is 35.5 Å². The zero-order valence-electron chi connectivity index (χ0n) is 15.9. The van der Waals surface area contributed by atoms with Crippen LogP contribution >= 0.6 is 0 Å². The fourth-order valence-electron chi connectivity index (χ4n) is 2.76. The van der Waals surface area contributed by atoms with E-state index in [1.54, 1.807) is 30.3 Å². The van der Waals surface area contributed by atoms with Crippen molar-refractivity contribution in [2.24, 2.45) is 0 Å². The molecule has 0 radical (unpaired) electrons. The molecule has 5 N–H and O–H groups in total. The van der Waals surface area contributed by atoms with Crippen LogP contribution in [0.5, 0.6) is 0 Å². The Morgan fingerprint density at radius 1 is 1.27 bits per heavy atom. The largest absolute Gasteiger partial charge is 1.00 e. The van der Waals surface area contributed by atoms with E-state index in [4.69, 9.17) is 9.47 Å². The minimum Gasteiger partial charge on any atom is -0.726 e. The van der Waals surface area contributed by atoms with Gasteiger partial charge < -0.3 is 39.6 Å². The van der Waals surface area contributed by atoms with Crippen molar-refractivity contribution in [1.82, 2.24) is 0 Å². The van der Waals surface area contributed by atoms with Crippen molar-refractivity contribution >= 4 is 16.4 Å². The van der Waals surface area contributed by atoms with Gasteiger partial charge in [0.05, 0.1) is 19.3 Å². The van der Waals surface area contributed by atoms with Gasteiger partial charge in [-0.2, -0.15) is 0 Å². The molecule has 1 aromatic carbocycles. The van der Waals surface area contributed by atoms with Gasteiger partial charge in [-0.1, -0.05) is 30.3 Å². The summed E-state index contributed by atoms with van der Waals surface area (Å²) in [5.74, 6) is -4.14. The van der Waals surface area contributed by atoms with E-state index in [0.717, 1.165) is 0 Å². The summed E-state index contributed by atoms with van der Waals surface area (Å²) >= 11 is 0. The Morgan fingerprint density at radius 3 is 2.40 bits per heavy atom. The zero-order chi connectivity index (χ0) is 21.8. The first-order valence-electron chi connectivity index (χ1n) is 8.37. The average Bonchev–Trinajstić information content (AvgIpc) is 2.66. The number of carbonyl (C=O) groups is 1. The summed E-state index contributed by atoms with van der Waals surface area (Å²) in [5, 5.41) is 49.7. The van der Waals surface area contributed by atoms with Crippen LogP contribution in [0.1, 0.15) is 12.0 Å². The summed E-state index contributed by atoms with van der Waals surface area (Å²) in [6.07, 6.45) is -10.4. The number of hydrogen-bond donors (Lipinski definition) is 5. The molecule has 30 heavy (non-hydrogen) atoms. The molecule has 6 atom stereocenters. The van der Waals surface area contributed by atoms with Gasteiger partial charge in [-0.25, -0.2) is 13.2 Å². The second-order valence-corrected chi connectivity index (χ2v) is 7.48. The SMILES string of the molecule is O=C(O)[C@@]1(OCc2ccccc2)C[C@@H](O)[C@@H](O)[C@@H](C(O)[C@@H](O)COS(=O)(=O)[O-])O1.[Na+]. The normalized spacial score (nSPS) is 28.9. The van der Waals surface area contributed by atoms with Gasteiger partial charge in [0.25, 0.3) is 5.79 Å². The third-order valence-corrected chi connectivity index (χ3v) is 4.71. The van der Waals surface area contributed by atoms with Gasteiger partial charge in [0.2, 0.25) is 10.4 Å². The van der Waals surface area contributed by atoms with E-state index in [1.807, 2.05) is 0 Å². The van der Waals surface area contributed by atoms with Gasteiger partial charge in [-0.05, 0) is 5.56 Å². The number of carboxylic acid groups (broad SMARTS) is 1. The molecule has 1 aromatic rings. The van der Waals surface area contributed by atoms with E-state index in [2.05, 4.69) is 4.18 Å². The summed E-state index contributed by atoms with van der Waals surface area (Å²) in [7, 11) is -5.18. The van der Waals surface area contributed by atoms with Crippen molar-refractivity contribution in [2.75, 3.05) is 6.61 Å². The van der Waals surface area contributed by atoms with E-state index in [9.17, 15) is 43.3 Å². The van der Waals surface area contributed by atoms with E-state index >= 15 is 0 Å². The van der Waals surface area contributed by atoms with Gasteiger partial charge in [-0.15, -0.1) is 0 Å². The fraction of sp³-hybridized carbons (Fsp3) is 0.562. The molecular weight excluding hydrogens is 439 g/mol. The second-order valence-electron chi connectivity index (χ2n) is 6.43. The topological polar surface area (TPSA) is 203 Å². The van der Waals surface area contributed by atoms with Crippen LogP contribution in [0.2, 0.25) is 0 Å². The predicted octanol–water partition coefficient (Wildman–Crippen LogP) is -5.30. The minimum atomic E-state index is -5.18. The molecule has 1 heterocycles. The molecule has 12 nitrogen and oxygen atoms in total. The third-order valence-electron chi connectivity index (χ3n) is 4.29. The van der Waals surface area contributed by atoms with Gasteiger partial charge in [0, 0.05) is 6.42 Å². The van der Waals surface area contributed by atoms with Crippen LogP contribution in [-0.4, -0.2) is 87.4 Å². The van der Waals surface area contributed by atoms with Gasteiger partial charge in [0.1, 0.15) is 24.4 Å². The summed E-state index contributed by atoms with van der Waals surface area (Å²) in [6.45, 7) is -1.43. The first-order valence-corrected chi connectivity index (χ1v) is 9.70. The smallest absolute Gasteiger partial charge is 0.726 e. The van der Waals surface area contributed by atoms with E-state index in [0.29, 0.717) is 5.56 Å². The van der Waals surface area contributed by atoms with Crippen molar-refractivity contribution in [3.05, 3.63) is 35.9 Å². The number of ether oxygens (including phenoxy) is 2. The molecule has 1 aliphatic rings. The Hall–Kier alpha value is -0.680. The molecule has 1 unspecified atom stereocenters. The fourth-order valence-corrected chi connectivity index (χ4v) is 3.07. The Balaban J connectivity index is 0.00000450. The number of aliphatic hydroxyl groups excluding tert-OH is 4. The summed E-state index contributed by atoms with van der Waals surface area (Å²) < 4.78 is 45.8. The first-order chi connectivity index (χ1) is 13.4. The van der Waals surface area contributed by atoms with Crippen LogP contribution in [0.25, 0.3) is 0 Å². The van der Waals surface area contributed by atoms with Crippen LogP contribution in [0.4, 0.5) is 0 Å². The van der Waals surface area contributed by atoms with Gasteiger partial charge in [-0.3, -0.25) is 4.18 Å². The first kappa shape index (κ1) is 27.4. The Kier molecular flexibility index (Phi) is 10.3. The van der Waals surface area contributed by atoms with Crippen molar-refractivity contribution < 1.29 is 86.5 Å². The summed E-state index contributed by atoms with van der Waals surface area (Å²) in [6, 6.07) is 8.37. The number of rotatable bonds is 9. The van der Waals surface area contributed by atoms with Crippen LogP contribution in [0, 0.1) is 0 Å². The Bertz CT molecular complexity index is 791. The van der Waals surface area contributed by atoms with Crippen LogP contribution in [0.15, 0.2) is 30.3 Å². The number of hydrogen-bond acceptors (Lipinski definition) is 11. The van der Waals surface area contributed by atoms with Crippen LogP contribution in [-0.2, 0) is 35.5 Å². The van der Waals surface area contributed by atoms with Crippen molar-refractivity contribution in [3.8, 4) is 0 Å². The van der Waals surface area contributed by atoms with Gasteiger partial charge in [0.15, 0.2) is 0 Å². The maximum atomic E-state index is 11.8. The summed E-state index contributed by atoms with van der Waals surface area (Å²) in [4.78, 5) is 11.8. The van der Waals surface area contributed by atoms with Crippen molar-refractivity contribution in [2.45, 2.75) is 49.3 Å². The van der Waals surface area contributed by atoms with Crippen molar-refractivity contribution in [1.29, 1.82) is 0 Å². The molecule has 0 saturated carbocycles. The number of carboxylic acids is 1. The molecule has 1 saturated heterocycles. The number of aliphatic hydroxyl groups is 4. The molecule has 0 amide bonds. The molecule has 0 bridgehead atoms. The predicted molar refractivity (Wildman–Crippen MR) is 90.8 cm³/mol. The van der Waals surface area contributed by atoms with E-state index in [-0.39, 0.29) is 36.2 Å². The Morgan fingerprint density at radius 2 is 1.87 bits per heavy atom. The zero-order valence-corrected chi connectivity index (χ0v) is 18.7. The maximum absolute atomic E-state index is 11.8. The molecule has 2 rings (SSSR count). The monoisotopic (exact) mass is 460 g/mol. The quantitative estimate of drug-likeness (QED) is 0.133. The number of aliphatic carboxylic acids is 1. The third kappa shape index (κ3) is 7.19. The Labute approximate surface area is 194 Å². The molecule has 14 heteroatoms. The minimum absolute atomic E-state index is 0. The molecule has 0 spiro atoms. The number of benzene rings is 1. The average molecular weight is 460 g/mol.